The molecule has 2 aliphatic carbocycles. The predicted octanol–water partition coefficient (Wildman–Crippen LogP) is 8.23. The monoisotopic (exact) mass is 338 g/mol. The Hall–Kier alpha value is 0.430. The topological polar surface area (TPSA) is 0 Å². The Morgan fingerprint density at radius 1 is 0.304 bits per heavy atom. The van der Waals surface area contributed by atoms with E-state index in [1.807, 2.05) is 0 Å². The zero-order chi connectivity index (χ0) is 16.0. The van der Waals surface area contributed by atoms with E-state index in [4.69, 9.17) is 0 Å². The smallest absolute Gasteiger partial charge is 0.0234 e. The zero-order valence-corrected chi connectivity index (χ0v) is 16.8. The quantitative estimate of drug-likeness (QED) is 0.445. The molecule has 0 unspecified atom stereocenters. The average molecular weight is 339 g/mol. The molecule has 2 saturated carbocycles. The van der Waals surface area contributed by atoms with Gasteiger partial charge in [0.2, 0.25) is 0 Å². The van der Waals surface area contributed by atoms with Gasteiger partial charge in [0.25, 0.3) is 0 Å². The molecule has 136 valence electrons. The van der Waals surface area contributed by atoms with E-state index in [2.05, 4.69) is 0 Å². The number of hydrogen-bond acceptors (Lipinski definition) is 0. The fraction of sp³-hybridized carbons (Fsp3) is 1.00. The molecule has 1 heteroatoms. The van der Waals surface area contributed by atoms with Gasteiger partial charge >= 0.3 is 0 Å². The third-order valence-corrected chi connectivity index (χ3v) is 8.28. The molecule has 0 N–H and O–H groups in total. The van der Waals surface area contributed by atoms with Gasteiger partial charge in [-0.1, -0.05) is 103 Å². The maximum absolute atomic E-state index is 1.56. The van der Waals surface area contributed by atoms with Crippen molar-refractivity contribution in [1.29, 1.82) is 0 Å². The van der Waals surface area contributed by atoms with Crippen molar-refractivity contribution in [3.05, 3.63) is 0 Å². The first-order valence-electron chi connectivity index (χ1n) is 11.2. The molecule has 0 amide bonds. The SMILES string of the molecule is C1CCCCCC(PC2CCCCCCCCCC2)CCCC1. The first-order valence-corrected chi connectivity index (χ1v) is 12.4. The van der Waals surface area contributed by atoms with Crippen LogP contribution in [-0.4, -0.2) is 11.3 Å². The molecule has 23 heavy (non-hydrogen) atoms. The highest BCUT2D eigenvalue weighted by atomic mass is 31.1. The molecular weight excluding hydrogens is 295 g/mol. The summed E-state index contributed by atoms with van der Waals surface area (Å²) in [6.45, 7) is 0. The molecule has 2 rings (SSSR count). The van der Waals surface area contributed by atoms with Crippen LogP contribution in [0, 0.1) is 0 Å². The third-order valence-electron chi connectivity index (χ3n) is 6.18. The van der Waals surface area contributed by atoms with Gasteiger partial charge < -0.3 is 0 Å². The maximum atomic E-state index is 1.56. The van der Waals surface area contributed by atoms with Crippen LogP contribution in [-0.2, 0) is 0 Å². The number of rotatable bonds is 2. The van der Waals surface area contributed by atoms with Gasteiger partial charge in [0.05, 0.1) is 0 Å². The fourth-order valence-electron chi connectivity index (χ4n) is 4.64. The van der Waals surface area contributed by atoms with E-state index < -0.39 is 0 Å². The highest BCUT2D eigenvalue weighted by Crippen LogP contribution is 2.39. The van der Waals surface area contributed by atoms with Crippen LogP contribution in [0.3, 0.4) is 0 Å². The van der Waals surface area contributed by atoms with Crippen molar-refractivity contribution in [3.63, 3.8) is 0 Å². The van der Waals surface area contributed by atoms with Gasteiger partial charge in [0, 0.05) is 0 Å². The van der Waals surface area contributed by atoms with Crippen LogP contribution in [0.2, 0.25) is 0 Å². The molecule has 0 atom stereocenters. The molecule has 0 aromatic carbocycles. The van der Waals surface area contributed by atoms with Crippen molar-refractivity contribution in [1.82, 2.24) is 0 Å². The second-order valence-corrected chi connectivity index (χ2v) is 10.3. The highest BCUT2D eigenvalue weighted by Gasteiger charge is 2.17. The molecule has 0 heterocycles. The summed E-state index contributed by atoms with van der Waals surface area (Å²) in [6.07, 6.45) is 30.6. The normalized spacial score (nSPS) is 26.1. The van der Waals surface area contributed by atoms with Crippen LogP contribution in [0.5, 0.6) is 0 Å². The Kier molecular flexibility index (Phi) is 11.8. The van der Waals surface area contributed by atoms with Crippen LogP contribution >= 0.6 is 8.58 Å². The van der Waals surface area contributed by atoms with Gasteiger partial charge in [0.15, 0.2) is 0 Å². The van der Waals surface area contributed by atoms with Crippen molar-refractivity contribution >= 4 is 8.58 Å². The van der Waals surface area contributed by atoms with Crippen molar-refractivity contribution in [2.24, 2.45) is 0 Å². The Balaban J connectivity index is 1.76. The van der Waals surface area contributed by atoms with Crippen LogP contribution in [0.1, 0.15) is 128 Å². The molecule has 0 aromatic heterocycles. The van der Waals surface area contributed by atoms with Gasteiger partial charge in [0.1, 0.15) is 0 Å². The lowest BCUT2D eigenvalue weighted by Gasteiger charge is -2.24. The molecule has 0 spiro atoms. The van der Waals surface area contributed by atoms with Crippen LogP contribution in [0.25, 0.3) is 0 Å². The summed E-state index contributed by atoms with van der Waals surface area (Å²) in [5, 5.41) is 0. The molecule has 0 aromatic rings. The van der Waals surface area contributed by atoms with E-state index in [1.54, 1.807) is 25.7 Å². The van der Waals surface area contributed by atoms with Gasteiger partial charge in [-0.05, 0) is 37.0 Å². The lowest BCUT2D eigenvalue weighted by atomic mass is 10.1. The molecule has 0 saturated heterocycles. The van der Waals surface area contributed by atoms with Gasteiger partial charge in [-0.15, -0.1) is 8.58 Å². The minimum absolute atomic E-state index is 1.10. The van der Waals surface area contributed by atoms with Crippen LogP contribution < -0.4 is 0 Å². The van der Waals surface area contributed by atoms with Crippen LogP contribution in [0.4, 0.5) is 0 Å². The molecule has 0 nitrogen and oxygen atoms in total. The Morgan fingerprint density at radius 3 is 0.783 bits per heavy atom. The van der Waals surface area contributed by atoms with Crippen molar-refractivity contribution in [2.45, 2.75) is 140 Å². The lowest BCUT2D eigenvalue weighted by molar-refractivity contribution is 0.568. The summed E-state index contributed by atoms with van der Waals surface area (Å²) < 4.78 is 0. The average Bonchev–Trinajstić information content (AvgIpc) is 2.66. The minimum Gasteiger partial charge on any atom is -0.116 e. The van der Waals surface area contributed by atoms with E-state index in [1.165, 1.54) is 111 Å². The fourth-order valence-corrected chi connectivity index (χ4v) is 6.79. The van der Waals surface area contributed by atoms with Crippen molar-refractivity contribution in [2.75, 3.05) is 0 Å². The maximum Gasteiger partial charge on any atom is -0.0234 e. The highest BCUT2D eigenvalue weighted by molar-refractivity contribution is 7.39. The van der Waals surface area contributed by atoms with Crippen LogP contribution in [0.15, 0.2) is 0 Å². The molecule has 2 fully saturated rings. The first-order chi connectivity index (χ1) is 11.4. The lowest BCUT2D eigenvalue weighted by Crippen LogP contribution is -2.10. The zero-order valence-electron chi connectivity index (χ0n) is 15.8. The molecule has 2 aliphatic rings. The predicted molar refractivity (Wildman–Crippen MR) is 108 cm³/mol. The minimum atomic E-state index is 1.10. The van der Waals surface area contributed by atoms with Crippen molar-refractivity contribution in [3.8, 4) is 0 Å². The Morgan fingerprint density at radius 2 is 0.522 bits per heavy atom. The van der Waals surface area contributed by atoms with Gasteiger partial charge in [-0.2, -0.15) is 0 Å². The standard InChI is InChI=1S/C22H43P/c1-2-6-10-14-18-21(17-13-9-5-1)23-22-19-15-11-7-3-4-8-12-16-20-22/h21-23H,1-20H2. The third kappa shape index (κ3) is 10.1. The Labute approximate surface area is 148 Å². The molecule has 0 bridgehead atoms. The number of hydrogen-bond donors (Lipinski definition) is 0. The summed E-state index contributed by atoms with van der Waals surface area (Å²) in [5.41, 5.74) is 2.20. The summed E-state index contributed by atoms with van der Waals surface area (Å²) in [6, 6.07) is 0. The molecule has 0 radical (unpaired) electrons. The second kappa shape index (κ2) is 13.7. The Bertz CT molecular complexity index is 213. The van der Waals surface area contributed by atoms with Gasteiger partial charge in [-0.3, -0.25) is 0 Å². The summed E-state index contributed by atoms with van der Waals surface area (Å²) in [4.78, 5) is 0. The second-order valence-electron chi connectivity index (χ2n) is 8.37. The summed E-state index contributed by atoms with van der Waals surface area (Å²) in [7, 11) is 1.30. The van der Waals surface area contributed by atoms with E-state index >= 15 is 0 Å². The van der Waals surface area contributed by atoms with Crippen molar-refractivity contribution < 1.29 is 0 Å². The summed E-state index contributed by atoms with van der Waals surface area (Å²) >= 11 is 0. The molecule has 0 aliphatic heterocycles. The van der Waals surface area contributed by atoms with Gasteiger partial charge in [-0.25, -0.2) is 0 Å². The largest absolute Gasteiger partial charge is 0.116 e. The van der Waals surface area contributed by atoms with E-state index in [9.17, 15) is 0 Å². The van der Waals surface area contributed by atoms with E-state index in [-0.39, 0.29) is 0 Å². The summed E-state index contributed by atoms with van der Waals surface area (Å²) in [5.74, 6) is 0. The van der Waals surface area contributed by atoms with E-state index in [0.29, 0.717) is 0 Å². The molecular formula is C22H43P. The van der Waals surface area contributed by atoms with E-state index in [0.717, 1.165) is 11.3 Å². The first kappa shape index (κ1) is 19.8.